The summed E-state index contributed by atoms with van der Waals surface area (Å²) in [6.45, 7) is 26.7. The van der Waals surface area contributed by atoms with E-state index in [0.717, 1.165) is 99.6 Å². The zero-order chi connectivity index (χ0) is 47.4. The van der Waals surface area contributed by atoms with E-state index in [1.54, 1.807) is 0 Å². The van der Waals surface area contributed by atoms with Gasteiger partial charge in [0.15, 0.2) is 0 Å². The van der Waals surface area contributed by atoms with Gasteiger partial charge in [0, 0.05) is 60.2 Å². The molecule has 6 heteroatoms. The van der Waals surface area contributed by atoms with E-state index in [2.05, 4.69) is 227 Å². The Balaban J connectivity index is 0.00000578. The Morgan fingerprint density at radius 2 is 1.21 bits per heavy atom. The first-order valence-electron chi connectivity index (χ1n) is 23.5. The maximum Gasteiger partial charge on any atom is 0.148 e. The van der Waals surface area contributed by atoms with Gasteiger partial charge in [-0.25, -0.2) is 4.98 Å². The van der Waals surface area contributed by atoms with Crippen molar-refractivity contribution in [2.75, 3.05) is 0 Å². The molecule has 0 aliphatic carbocycles. The Bertz CT molecular complexity index is 3570. The summed E-state index contributed by atoms with van der Waals surface area (Å²) in [4.78, 5) is 10.8. The Labute approximate surface area is 415 Å². The van der Waals surface area contributed by atoms with E-state index >= 15 is 0 Å². The third kappa shape index (κ3) is 8.27. The molecule has 3 aromatic heterocycles. The van der Waals surface area contributed by atoms with E-state index in [9.17, 15) is 5.11 Å². The largest absolute Gasteiger partial charge is 0.507 e. The van der Waals surface area contributed by atoms with Crippen molar-refractivity contribution in [3.63, 3.8) is 0 Å². The summed E-state index contributed by atoms with van der Waals surface area (Å²) in [5, 5.41) is 16.8. The van der Waals surface area contributed by atoms with Crippen molar-refractivity contribution in [3.8, 4) is 56.3 Å². The number of phenols is 1. The van der Waals surface area contributed by atoms with Crippen molar-refractivity contribution in [1.29, 1.82) is 0 Å². The Kier molecular flexibility index (Phi) is 11.5. The summed E-state index contributed by atoms with van der Waals surface area (Å²) in [6.07, 6.45) is 1.94. The van der Waals surface area contributed by atoms with Crippen molar-refractivity contribution < 1.29 is 30.6 Å². The number of rotatable bonds is 5. The molecule has 0 spiro atoms. The van der Waals surface area contributed by atoms with E-state index in [1.807, 2.05) is 6.20 Å². The summed E-state index contributed by atoms with van der Waals surface area (Å²) >= 11 is 0. The molecule has 68 heavy (non-hydrogen) atoms. The molecule has 10 rings (SSSR count). The molecule has 0 saturated heterocycles. The maximum absolute atomic E-state index is 12.6. The minimum Gasteiger partial charge on any atom is -0.507 e. The van der Waals surface area contributed by atoms with Crippen molar-refractivity contribution >= 4 is 43.7 Å². The smallest absolute Gasteiger partial charge is 0.148 e. The third-order valence-electron chi connectivity index (χ3n) is 13.4. The second kappa shape index (κ2) is 16.7. The minimum atomic E-state index is -0.336. The number of hydrogen-bond acceptors (Lipinski definition) is 4. The number of aromatic nitrogens is 3. The third-order valence-corrected chi connectivity index (χ3v) is 13.4. The zero-order valence-electron chi connectivity index (χ0n) is 41.3. The zero-order valence-corrected chi connectivity index (χ0v) is 43.6. The van der Waals surface area contributed by atoms with Crippen LogP contribution < -0.4 is 0 Å². The number of para-hydroxylation sites is 1. The van der Waals surface area contributed by atoms with Gasteiger partial charge in [-0.05, 0) is 80.1 Å². The van der Waals surface area contributed by atoms with Crippen molar-refractivity contribution in [2.24, 2.45) is 0 Å². The van der Waals surface area contributed by atoms with Crippen LogP contribution in [0.25, 0.3) is 94.3 Å². The fourth-order valence-corrected chi connectivity index (χ4v) is 9.43. The standard InChI is InChI=1S/C62H60N3O2.Pt/c1-59(2,3)41-26-28-52(47(32-41)37-19-14-13-15-20-37)65-53-24-18-23-44(55(53)64-58(65)48-33-43(61(7,8)9)34-50(56(48)66)62(10,11)12)39-29-40(31-42(30-39)60(4,5)6)51-35-54-49(36-63-51)46-27-25-38-21-16-17-22-45(38)57(46)67-54;/h13-28,30-36,66H,1-12H3;/q-1;. The van der Waals surface area contributed by atoms with Gasteiger partial charge >= 0.3 is 0 Å². The number of aromatic hydroxyl groups is 1. The Hall–Kier alpha value is -6.29. The number of phenolic OH excluding ortho intramolecular Hbond substituents is 1. The SMILES string of the molecule is CC(C)(C)c1cc(-c2cc3oc4c5ccccc5ccc4c3cn2)[c-]c(-c2cccc3c2nc(-c2cc(C(C)(C)C)cc(C(C)(C)C)c2O)n3-c2ccc(C(C)(C)C)cc2-c2ccccc2)c1.[Pt]. The van der Waals surface area contributed by atoms with Crippen molar-refractivity contribution in [2.45, 2.75) is 105 Å². The average Bonchev–Trinajstić information content (AvgIpc) is 3.86. The van der Waals surface area contributed by atoms with Crippen LogP contribution in [0.15, 0.2) is 144 Å². The minimum absolute atomic E-state index is 0. The van der Waals surface area contributed by atoms with Crippen molar-refractivity contribution in [1.82, 2.24) is 14.5 Å². The molecule has 0 saturated carbocycles. The van der Waals surface area contributed by atoms with E-state index < -0.39 is 0 Å². The molecule has 0 aliphatic rings. The van der Waals surface area contributed by atoms with Gasteiger partial charge in [0.2, 0.25) is 0 Å². The molecule has 7 aromatic carbocycles. The second-order valence-electron chi connectivity index (χ2n) is 22.5. The van der Waals surface area contributed by atoms with E-state index in [1.165, 1.54) is 5.56 Å². The molecule has 3 heterocycles. The molecule has 1 N–H and O–H groups in total. The van der Waals surface area contributed by atoms with Gasteiger partial charge in [-0.2, -0.15) is 0 Å². The van der Waals surface area contributed by atoms with Crippen LogP contribution in [-0.2, 0) is 42.7 Å². The van der Waals surface area contributed by atoms with Gasteiger partial charge < -0.3 is 9.52 Å². The van der Waals surface area contributed by atoms with Crippen LogP contribution in [0, 0.1) is 6.07 Å². The van der Waals surface area contributed by atoms with Crippen molar-refractivity contribution in [3.05, 3.63) is 168 Å². The molecule has 0 atom stereocenters. The molecule has 0 radical (unpaired) electrons. The number of benzene rings is 7. The second-order valence-corrected chi connectivity index (χ2v) is 22.5. The predicted molar refractivity (Wildman–Crippen MR) is 281 cm³/mol. The molecule has 5 nitrogen and oxygen atoms in total. The van der Waals surface area contributed by atoms with Gasteiger partial charge in [-0.3, -0.25) is 9.55 Å². The summed E-state index contributed by atoms with van der Waals surface area (Å²) in [7, 11) is 0. The summed E-state index contributed by atoms with van der Waals surface area (Å²) < 4.78 is 8.92. The molecule has 0 aliphatic heterocycles. The fourth-order valence-electron chi connectivity index (χ4n) is 9.43. The van der Waals surface area contributed by atoms with Gasteiger partial charge in [-0.1, -0.05) is 179 Å². The normalized spacial score (nSPS) is 12.6. The van der Waals surface area contributed by atoms with Crippen LogP contribution in [0.5, 0.6) is 5.75 Å². The Morgan fingerprint density at radius 3 is 1.91 bits per heavy atom. The first kappa shape index (κ1) is 46.8. The first-order chi connectivity index (χ1) is 31.6. The fraction of sp³-hybridized carbons (Fsp3) is 0.258. The van der Waals surface area contributed by atoms with Gasteiger partial charge in [0.25, 0.3) is 0 Å². The van der Waals surface area contributed by atoms with E-state index in [4.69, 9.17) is 14.4 Å². The summed E-state index contributed by atoms with van der Waals surface area (Å²) in [6, 6.07) is 51.2. The Morgan fingerprint density at radius 1 is 0.544 bits per heavy atom. The predicted octanol–water partition coefficient (Wildman–Crippen LogP) is 16.8. The van der Waals surface area contributed by atoms with Crippen LogP contribution in [0.2, 0.25) is 0 Å². The number of furan rings is 1. The topological polar surface area (TPSA) is 64.1 Å². The van der Waals surface area contributed by atoms with Crippen LogP contribution in [0.1, 0.15) is 105 Å². The number of pyridine rings is 1. The van der Waals surface area contributed by atoms with Crippen LogP contribution in [0.4, 0.5) is 0 Å². The molecule has 346 valence electrons. The summed E-state index contributed by atoms with van der Waals surface area (Å²) in [5.74, 6) is 0.920. The molecule has 0 bridgehead atoms. The molecule has 0 unspecified atom stereocenters. The number of imidazole rings is 1. The number of fused-ring (bicyclic) bond motifs is 6. The van der Waals surface area contributed by atoms with E-state index in [0.29, 0.717) is 11.4 Å². The molecule has 0 amide bonds. The van der Waals surface area contributed by atoms with Crippen LogP contribution >= 0.6 is 0 Å². The van der Waals surface area contributed by atoms with E-state index in [-0.39, 0.29) is 48.5 Å². The maximum atomic E-state index is 12.6. The number of nitrogens with zero attached hydrogens (tertiary/aromatic N) is 3. The summed E-state index contributed by atoms with van der Waals surface area (Å²) in [5.41, 5.74) is 14.4. The molecular formula is C62H60N3O2Pt-. The average molecular weight is 1070 g/mol. The van der Waals surface area contributed by atoms with Gasteiger partial charge in [0.1, 0.15) is 22.7 Å². The molecular weight excluding hydrogens is 1010 g/mol. The quantitative estimate of drug-likeness (QED) is 0.174. The molecule has 10 aromatic rings. The molecule has 0 fully saturated rings. The first-order valence-corrected chi connectivity index (χ1v) is 23.5. The van der Waals surface area contributed by atoms with Crippen LogP contribution in [0.3, 0.4) is 0 Å². The van der Waals surface area contributed by atoms with Gasteiger partial charge in [0.05, 0.1) is 22.3 Å². The van der Waals surface area contributed by atoms with Crippen LogP contribution in [-0.4, -0.2) is 19.6 Å². The van der Waals surface area contributed by atoms with Gasteiger partial charge in [-0.15, -0.1) is 29.3 Å². The monoisotopic (exact) mass is 1070 g/mol. The number of hydrogen-bond donors (Lipinski definition) is 1.